The lowest BCUT2D eigenvalue weighted by Crippen LogP contribution is -2.40. The maximum absolute atomic E-state index is 11.2. The summed E-state index contributed by atoms with van der Waals surface area (Å²) in [7, 11) is 0. The van der Waals surface area contributed by atoms with E-state index in [-0.39, 0.29) is 22.3 Å². The van der Waals surface area contributed by atoms with E-state index in [1.807, 2.05) is 6.07 Å². The second-order valence-corrected chi connectivity index (χ2v) is 4.99. The first-order valence-electron chi connectivity index (χ1n) is 6.18. The molecular weight excluding hydrogens is 282 g/mol. The maximum atomic E-state index is 11.2. The minimum Gasteiger partial charge on any atom is -0.356 e. The number of nitro benzene ring substituents is 1. The summed E-state index contributed by atoms with van der Waals surface area (Å²) in [6.07, 6.45) is 3.24. The number of aldehydes is 1. The Morgan fingerprint density at radius 1 is 1.50 bits per heavy atom. The first kappa shape index (κ1) is 14.3. The number of nitriles is 1. The Bertz CT molecular complexity index is 597. The van der Waals surface area contributed by atoms with Crippen LogP contribution in [0.1, 0.15) is 24.8 Å². The van der Waals surface area contributed by atoms with Gasteiger partial charge in [-0.1, -0.05) is 11.6 Å². The van der Waals surface area contributed by atoms with Crippen molar-refractivity contribution in [1.29, 1.82) is 5.26 Å². The van der Waals surface area contributed by atoms with Gasteiger partial charge in [0.25, 0.3) is 5.69 Å². The van der Waals surface area contributed by atoms with Crippen LogP contribution in [0, 0.1) is 21.4 Å². The molecule has 20 heavy (non-hydrogen) atoms. The van der Waals surface area contributed by atoms with Crippen molar-refractivity contribution in [2.75, 3.05) is 11.4 Å². The molecule has 1 aromatic carbocycles. The summed E-state index contributed by atoms with van der Waals surface area (Å²) in [5, 5.41) is 20.2. The normalized spacial score (nSPS) is 18.4. The highest BCUT2D eigenvalue weighted by Crippen LogP contribution is 2.36. The molecule has 0 saturated carbocycles. The topological polar surface area (TPSA) is 87.2 Å². The van der Waals surface area contributed by atoms with Crippen LogP contribution in [0.15, 0.2) is 12.1 Å². The predicted molar refractivity (Wildman–Crippen MR) is 73.9 cm³/mol. The lowest BCUT2D eigenvalue weighted by molar-refractivity contribution is -0.384. The highest BCUT2D eigenvalue weighted by molar-refractivity contribution is 6.32. The second-order valence-electron chi connectivity index (χ2n) is 4.58. The molecule has 2 rings (SSSR count). The molecule has 1 unspecified atom stereocenters. The van der Waals surface area contributed by atoms with Crippen LogP contribution >= 0.6 is 11.6 Å². The molecule has 1 aliphatic rings. The number of piperidine rings is 1. The minimum atomic E-state index is -0.553. The van der Waals surface area contributed by atoms with E-state index < -0.39 is 4.92 Å². The Hall–Kier alpha value is -2.13. The van der Waals surface area contributed by atoms with Crippen LogP contribution in [0.25, 0.3) is 0 Å². The summed E-state index contributed by atoms with van der Waals surface area (Å²) in [6.45, 7) is 0.562. The average Bonchev–Trinajstić information content (AvgIpc) is 2.46. The second kappa shape index (κ2) is 5.88. The van der Waals surface area contributed by atoms with Crippen molar-refractivity contribution in [3.8, 4) is 6.07 Å². The summed E-state index contributed by atoms with van der Waals surface area (Å²) in [5.74, 6) is 0. The number of nitro groups is 1. The molecule has 0 amide bonds. The van der Waals surface area contributed by atoms with Crippen molar-refractivity contribution in [3.63, 3.8) is 0 Å². The Labute approximate surface area is 120 Å². The zero-order chi connectivity index (χ0) is 14.7. The van der Waals surface area contributed by atoms with E-state index in [0.29, 0.717) is 18.7 Å². The molecule has 1 saturated heterocycles. The smallest absolute Gasteiger partial charge is 0.293 e. The van der Waals surface area contributed by atoms with E-state index in [0.717, 1.165) is 25.2 Å². The Balaban J connectivity index is 2.54. The summed E-state index contributed by atoms with van der Waals surface area (Å²) in [5.41, 5.74) is 0.164. The number of benzene rings is 1. The van der Waals surface area contributed by atoms with Gasteiger partial charge in [0.15, 0.2) is 0 Å². The molecule has 0 bridgehead atoms. The Kier molecular flexibility index (Phi) is 4.20. The van der Waals surface area contributed by atoms with Gasteiger partial charge in [0, 0.05) is 12.6 Å². The number of rotatable bonds is 3. The Morgan fingerprint density at radius 3 is 2.85 bits per heavy atom. The molecule has 7 heteroatoms. The standard InChI is InChI=1S/C13H12ClN3O3/c14-11-6-12(13(17(19)20)5-9(11)7-15)16-4-2-1-3-10(16)8-18/h5-6,8,10H,1-4H2. The number of anilines is 1. The van der Waals surface area contributed by atoms with E-state index in [1.54, 1.807) is 4.90 Å². The third-order valence-electron chi connectivity index (χ3n) is 3.40. The Morgan fingerprint density at radius 2 is 2.25 bits per heavy atom. The van der Waals surface area contributed by atoms with Gasteiger partial charge in [0.05, 0.1) is 21.6 Å². The molecule has 1 atom stereocenters. The van der Waals surface area contributed by atoms with Crippen molar-refractivity contribution in [2.45, 2.75) is 25.3 Å². The molecule has 104 valence electrons. The molecule has 1 fully saturated rings. The van der Waals surface area contributed by atoms with Crippen LogP contribution < -0.4 is 4.90 Å². The van der Waals surface area contributed by atoms with Gasteiger partial charge >= 0.3 is 0 Å². The largest absolute Gasteiger partial charge is 0.356 e. The van der Waals surface area contributed by atoms with Gasteiger partial charge in [-0.3, -0.25) is 10.1 Å². The third-order valence-corrected chi connectivity index (χ3v) is 3.71. The first-order chi connectivity index (χ1) is 9.58. The summed E-state index contributed by atoms with van der Waals surface area (Å²) < 4.78 is 0. The van der Waals surface area contributed by atoms with Gasteiger partial charge in [-0.2, -0.15) is 5.26 Å². The molecule has 1 aromatic rings. The fourth-order valence-corrected chi connectivity index (χ4v) is 2.61. The molecule has 1 heterocycles. The first-order valence-corrected chi connectivity index (χ1v) is 6.56. The van der Waals surface area contributed by atoms with Crippen LogP contribution in [0.2, 0.25) is 5.02 Å². The highest BCUT2D eigenvalue weighted by Gasteiger charge is 2.29. The summed E-state index contributed by atoms with van der Waals surface area (Å²) in [4.78, 5) is 23.5. The summed E-state index contributed by atoms with van der Waals surface area (Å²) >= 11 is 5.96. The number of carbonyl (C=O) groups excluding carboxylic acids is 1. The van der Waals surface area contributed by atoms with Gasteiger partial charge in [-0.25, -0.2) is 0 Å². The van der Waals surface area contributed by atoms with Gasteiger partial charge < -0.3 is 9.69 Å². The van der Waals surface area contributed by atoms with Crippen LogP contribution in [0.5, 0.6) is 0 Å². The number of halogens is 1. The van der Waals surface area contributed by atoms with Gasteiger partial charge in [0.2, 0.25) is 0 Å². The van der Waals surface area contributed by atoms with E-state index in [2.05, 4.69) is 0 Å². The minimum absolute atomic E-state index is 0.0572. The average molecular weight is 294 g/mol. The predicted octanol–water partition coefficient (Wildman–Crippen LogP) is 2.68. The van der Waals surface area contributed by atoms with Crippen molar-refractivity contribution in [1.82, 2.24) is 0 Å². The van der Waals surface area contributed by atoms with Gasteiger partial charge in [-0.15, -0.1) is 0 Å². The molecular formula is C13H12ClN3O3. The van der Waals surface area contributed by atoms with Crippen LogP contribution in [0.3, 0.4) is 0 Å². The maximum Gasteiger partial charge on any atom is 0.293 e. The fraction of sp³-hybridized carbons (Fsp3) is 0.385. The van der Waals surface area contributed by atoms with Crippen molar-refractivity contribution >= 4 is 29.3 Å². The van der Waals surface area contributed by atoms with Crippen LogP contribution in [-0.4, -0.2) is 23.8 Å². The molecule has 0 N–H and O–H groups in total. The molecule has 6 nitrogen and oxygen atoms in total. The van der Waals surface area contributed by atoms with E-state index in [4.69, 9.17) is 16.9 Å². The van der Waals surface area contributed by atoms with E-state index >= 15 is 0 Å². The van der Waals surface area contributed by atoms with E-state index in [9.17, 15) is 14.9 Å². The zero-order valence-corrected chi connectivity index (χ0v) is 11.3. The number of nitrogens with zero attached hydrogens (tertiary/aromatic N) is 3. The van der Waals surface area contributed by atoms with E-state index in [1.165, 1.54) is 6.07 Å². The lowest BCUT2D eigenvalue weighted by atomic mass is 10.0. The molecule has 0 spiro atoms. The SMILES string of the molecule is N#Cc1cc([N+](=O)[O-])c(N2CCCCC2C=O)cc1Cl. The lowest BCUT2D eigenvalue weighted by Gasteiger charge is -2.33. The van der Waals surface area contributed by atoms with Gasteiger partial charge in [-0.05, 0) is 25.3 Å². The number of hydrogen-bond acceptors (Lipinski definition) is 5. The number of hydrogen-bond donors (Lipinski definition) is 0. The third kappa shape index (κ3) is 2.58. The quantitative estimate of drug-likeness (QED) is 0.486. The van der Waals surface area contributed by atoms with Crippen molar-refractivity contribution in [2.24, 2.45) is 0 Å². The fourth-order valence-electron chi connectivity index (χ4n) is 2.41. The monoisotopic (exact) mass is 293 g/mol. The molecule has 0 aromatic heterocycles. The summed E-state index contributed by atoms with van der Waals surface area (Å²) in [6, 6.07) is 4.00. The number of carbonyl (C=O) groups is 1. The highest BCUT2D eigenvalue weighted by atomic mass is 35.5. The van der Waals surface area contributed by atoms with Crippen molar-refractivity contribution < 1.29 is 9.72 Å². The van der Waals surface area contributed by atoms with Crippen molar-refractivity contribution in [3.05, 3.63) is 32.8 Å². The van der Waals surface area contributed by atoms with Crippen LogP contribution in [-0.2, 0) is 4.79 Å². The van der Waals surface area contributed by atoms with Crippen LogP contribution in [0.4, 0.5) is 11.4 Å². The molecule has 1 aliphatic heterocycles. The zero-order valence-electron chi connectivity index (χ0n) is 10.6. The molecule has 0 aliphatic carbocycles. The molecule has 0 radical (unpaired) electrons. The van der Waals surface area contributed by atoms with Gasteiger partial charge in [0.1, 0.15) is 18.0 Å².